The van der Waals surface area contributed by atoms with Gasteiger partial charge in [0.05, 0.1) is 12.8 Å². The Morgan fingerprint density at radius 3 is 2.25 bits per heavy atom. The first-order valence-corrected chi connectivity index (χ1v) is 4.86. The monoisotopic (exact) mass is 223 g/mol. The molecule has 0 fully saturated rings. The van der Waals surface area contributed by atoms with Crippen LogP contribution in [-0.2, 0) is 9.59 Å². The number of aryl methyl sites for hydroxylation is 1. The minimum atomic E-state index is -1.02. The summed E-state index contributed by atoms with van der Waals surface area (Å²) >= 11 is 0. The number of pyridine rings is 1. The number of carboxylic acid groups (broad SMARTS) is 2. The van der Waals surface area contributed by atoms with Crippen molar-refractivity contribution in [3.63, 3.8) is 0 Å². The highest BCUT2D eigenvalue weighted by molar-refractivity contribution is 5.72. The molecule has 0 aromatic carbocycles. The Bertz CT molecular complexity index is 387. The third-order valence-corrected chi connectivity index (χ3v) is 2.17. The minimum absolute atomic E-state index is 0.219. The summed E-state index contributed by atoms with van der Waals surface area (Å²) in [6.45, 7) is 1.78. The number of hydrogen-bond donors (Lipinski definition) is 2. The van der Waals surface area contributed by atoms with Crippen molar-refractivity contribution in [2.75, 3.05) is 0 Å². The van der Waals surface area contributed by atoms with Gasteiger partial charge < -0.3 is 10.2 Å². The van der Waals surface area contributed by atoms with Crippen LogP contribution in [0, 0.1) is 6.92 Å². The Labute approximate surface area is 92.8 Å². The van der Waals surface area contributed by atoms with Gasteiger partial charge in [0.15, 0.2) is 0 Å². The zero-order chi connectivity index (χ0) is 12.1. The highest BCUT2D eigenvalue weighted by Crippen LogP contribution is 2.21. The molecule has 16 heavy (non-hydrogen) atoms. The fourth-order valence-electron chi connectivity index (χ4n) is 1.49. The fraction of sp³-hybridized carbons (Fsp3) is 0.364. The minimum Gasteiger partial charge on any atom is -0.481 e. The molecular weight excluding hydrogens is 210 g/mol. The largest absolute Gasteiger partial charge is 0.481 e. The van der Waals surface area contributed by atoms with Crippen LogP contribution in [0.2, 0.25) is 0 Å². The summed E-state index contributed by atoms with van der Waals surface area (Å²) in [7, 11) is 0. The van der Waals surface area contributed by atoms with Crippen molar-refractivity contribution in [2.45, 2.75) is 25.7 Å². The smallest absolute Gasteiger partial charge is 0.304 e. The zero-order valence-electron chi connectivity index (χ0n) is 8.88. The predicted octanol–water partition coefficient (Wildman–Crippen LogP) is 1.42. The lowest BCUT2D eigenvalue weighted by Gasteiger charge is -2.12. The van der Waals surface area contributed by atoms with E-state index >= 15 is 0 Å². The number of nitrogens with zero attached hydrogens (tertiary/aromatic N) is 1. The van der Waals surface area contributed by atoms with Gasteiger partial charge in [-0.2, -0.15) is 0 Å². The van der Waals surface area contributed by atoms with Crippen molar-refractivity contribution in [1.82, 2.24) is 4.98 Å². The van der Waals surface area contributed by atoms with Gasteiger partial charge in [-0.15, -0.1) is 0 Å². The molecule has 0 aliphatic rings. The van der Waals surface area contributed by atoms with E-state index in [0.717, 1.165) is 5.69 Å². The maximum atomic E-state index is 10.6. The molecule has 1 aromatic rings. The van der Waals surface area contributed by atoms with Gasteiger partial charge in [-0.1, -0.05) is 6.07 Å². The van der Waals surface area contributed by atoms with Crippen LogP contribution in [0.1, 0.15) is 30.1 Å². The van der Waals surface area contributed by atoms with Gasteiger partial charge in [-0.05, 0) is 19.1 Å². The number of aromatic nitrogens is 1. The van der Waals surface area contributed by atoms with Crippen LogP contribution in [0.5, 0.6) is 0 Å². The Hall–Kier alpha value is -1.91. The van der Waals surface area contributed by atoms with Crippen molar-refractivity contribution < 1.29 is 19.8 Å². The molecule has 0 aliphatic heterocycles. The quantitative estimate of drug-likeness (QED) is 0.788. The van der Waals surface area contributed by atoms with E-state index in [0.29, 0.717) is 5.69 Å². The molecule has 0 saturated heterocycles. The van der Waals surface area contributed by atoms with Gasteiger partial charge in [0.25, 0.3) is 0 Å². The number of hydrogen-bond acceptors (Lipinski definition) is 3. The molecule has 0 saturated carbocycles. The van der Waals surface area contributed by atoms with Crippen molar-refractivity contribution >= 4 is 11.9 Å². The molecule has 0 spiro atoms. The van der Waals surface area contributed by atoms with E-state index in [4.69, 9.17) is 10.2 Å². The first-order chi connectivity index (χ1) is 7.49. The van der Waals surface area contributed by atoms with E-state index in [1.165, 1.54) is 0 Å². The molecule has 0 bridgehead atoms. The average Bonchev–Trinajstić information content (AvgIpc) is 2.15. The van der Waals surface area contributed by atoms with Crippen molar-refractivity contribution in [2.24, 2.45) is 0 Å². The van der Waals surface area contributed by atoms with Gasteiger partial charge in [0, 0.05) is 17.3 Å². The van der Waals surface area contributed by atoms with E-state index in [1.54, 1.807) is 25.1 Å². The number of carbonyl (C=O) groups is 2. The van der Waals surface area contributed by atoms with Gasteiger partial charge in [0.1, 0.15) is 0 Å². The molecule has 1 heterocycles. The van der Waals surface area contributed by atoms with Crippen LogP contribution in [0.15, 0.2) is 18.2 Å². The van der Waals surface area contributed by atoms with E-state index < -0.39 is 17.9 Å². The fourth-order valence-corrected chi connectivity index (χ4v) is 1.49. The molecule has 2 N–H and O–H groups in total. The molecule has 1 aromatic heterocycles. The van der Waals surface area contributed by atoms with Gasteiger partial charge in [-0.25, -0.2) is 0 Å². The Balaban J connectivity index is 2.90. The lowest BCUT2D eigenvalue weighted by Crippen LogP contribution is -2.12. The molecule has 0 atom stereocenters. The molecule has 0 radical (unpaired) electrons. The van der Waals surface area contributed by atoms with Crippen LogP contribution in [-0.4, -0.2) is 27.1 Å². The van der Waals surface area contributed by atoms with E-state index in [-0.39, 0.29) is 12.8 Å². The van der Waals surface area contributed by atoms with E-state index in [9.17, 15) is 9.59 Å². The molecule has 0 amide bonds. The predicted molar refractivity (Wildman–Crippen MR) is 56.2 cm³/mol. The van der Waals surface area contributed by atoms with Crippen molar-refractivity contribution in [1.29, 1.82) is 0 Å². The summed E-state index contributed by atoms with van der Waals surface area (Å²) in [6.07, 6.45) is -0.439. The average molecular weight is 223 g/mol. The van der Waals surface area contributed by atoms with Crippen LogP contribution in [0.3, 0.4) is 0 Å². The first kappa shape index (κ1) is 12.2. The van der Waals surface area contributed by atoms with Crippen LogP contribution < -0.4 is 0 Å². The van der Waals surface area contributed by atoms with E-state index in [1.807, 2.05) is 0 Å². The lowest BCUT2D eigenvalue weighted by molar-refractivity contribution is -0.139. The molecular formula is C11H13NO4. The summed E-state index contributed by atoms with van der Waals surface area (Å²) in [6, 6.07) is 5.18. The summed E-state index contributed by atoms with van der Waals surface area (Å²) in [5.41, 5.74) is 1.27. The number of aliphatic carboxylic acids is 2. The Morgan fingerprint density at radius 2 is 1.81 bits per heavy atom. The molecule has 5 heteroatoms. The van der Waals surface area contributed by atoms with Crippen LogP contribution >= 0.6 is 0 Å². The highest BCUT2D eigenvalue weighted by Gasteiger charge is 2.20. The van der Waals surface area contributed by atoms with Crippen LogP contribution in [0.4, 0.5) is 0 Å². The molecule has 5 nitrogen and oxygen atoms in total. The second-order valence-electron chi connectivity index (χ2n) is 3.60. The van der Waals surface area contributed by atoms with E-state index in [2.05, 4.69) is 4.98 Å². The summed E-state index contributed by atoms with van der Waals surface area (Å²) in [5, 5.41) is 17.4. The van der Waals surface area contributed by atoms with Gasteiger partial charge >= 0.3 is 11.9 Å². The third kappa shape index (κ3) is 3.68. The standard InChI is InChI=1S/C11H13NO4/c1-7-3-2-4-9(12-7)8(5-10(13)14)6-11(15)16/h2-4,8H,5-6H2,1H3,(H,13,14)(H,15,16). The SMILES string of the molecule is Cc1cccc(C(CC(=O)O)CC(=O)O)n1. The van der Waals surface area contributed by atoms with Crippen LogP contribution in [0.25, 0.3) is 0 Å². The highest BCUT2D eigenvalue weighted by atomic mass is 16.4. The topological polar surface area (TPSA) is 87.5 Å². The molecule has 0 unspecified atom stereocenters. The van der Waals surface area contributed by atoms with Crippen molar-refractivity contribution in [3.8, 4) is 0 Å². The zero-order valence-corrected chi connectivity index (χ0v) is 8.88. The maximum Gasteiger partial charge on any atom is 0.304 e. The second kappa shape index (κ2) is 5.25. The van der Waals surface area contributed by atoms with Gasteiger partial charge in [0.2, 0.25) is 0 Å². The molecule has 1 rings (SSSR count). The summed E-state index contributed by atoms with van der Waals surface area (Å²) < 4.78 is 0. The summed E-state index contributed by atoms with van der Waals surface area (Å²) in [5.74, 6) is -2.61. The first-order valence-electron chi connectivity index (χ1n) is 4.86. The van der Waals surface area contributed by atoms with Crippen molar-refractivity contribution in [3.05, 3.63) is 29.6 Å². The number of rotatable bonds is 5. The lowest BCUT2D eigenvalue weighted by atomic mass is 9.97. The Kier molecular flexibility index (Phi) is 3.99. The summed E-state index contributed by atoms with van der Waals surface area (Å²) in [4.78, 5) is 25.4. The third-order valence-electron chi connectivity index (χ3n) is 2.17. The number of carboxylic acids is 2. The van der Waals surface area contributed by atoms with Gasteiger partial charge in [-0.3, -0.25) is 14.6 Å². The normalized spacial score (nSPS) is 10.4. The Morgan fingerprint density at radius 1 is 1.25 bits per heavy atom. The second-order valence-corrected chi connectivity index (χ2v) is 3.60. The molecule has 86 valence electrons. The maximum absolute atomic E-state index is 10.6. The molecule has 0 aliphatic carbocycles.